The number of amides is 1. The Morgan fingerprint density at radius 1 is 1.15 bits per heavy atom. The van der Waals surface area contributed by atoms with E-state index in [-0.39, 0.29) is 30.1 Å². The maximum Gasteiger partial charge on any atom is 0.331 e. The third kappa shape index (κ3) is 4.30. The van der Waals surface area contributed by atoms with Gasteiger partial charge in [0.2, 0.25) is 11.8 Å². The first kappa shape index (κ1) is 22.1. The minimum atomic E-state index is -0.761. The smallest absolute Gasteiger partial charge is 0.331 e. The van der Waals surface area contributed by atoms with E-state index in [0.717, 1.165) is 15.7 Å². The number of nitrogens with zero attached hydrogens (tertiary/aromatic N) is 3. The van der Waals surface area contributed by atoms with Crippen LogP contribution in [0.2, 0.25) is 0 Å². The molecule has 170 valence electrons. The van der Waals surface area contributed by atoms with E-state index in [0.29, 0.717) is 12.4 Å². The van der Waals surface area contributed by atoms with Crippen molar-refractivity contribution < 1.29 is 14.6 Å². The van der Waals surface area contributed by atoms with Crippen molar-refractivity contribution in [2.24, 2.45) is 5.10 Å². The maximum atomic E-state index is 12.7. The fourth-order valence-corrected chi connectivity index (χ4v) is 3.97. The number of benzene rings is 2. The van der Waals surface area contributed by atoms with E-state index < -0.39 is 23.2 Å². The number of para-hydroxylation sites is 1. The zero-order chi connectivity index (χ0) is 23.5. The third-order valence-electron chi connectivity index (χ3n) is 5.45. The average Bonchev–Trinajstić information content (AvgIpc) is 3.23. The number of rotatable bonds is 6. The van der Waals surface area contributed by atoms with Crippen molar-refractivity contribution in [3.8, 4) is 11.6 Å². The Balaban J connectivity index is 1.77. The van der Waals surface area contributed by atoms with Gasteiger partial charge in [0.15, 0.2) is 0 Å². The lowest BCUT2D eigenvalue weighted by Crippen LogP contribution is -2.34. The Labute approximate surface area is 189 Å². The Bertz CT molecular complexity index is 1330. The van der Waals surface area contributed by atoms with Gasteiger partial charge in [-0.15, -0.1) is 0 Å². The molecule has 1 unspecified atom stereocenters. The van der Waals surface area contributed by atoms with Gasteiger partial charge in [-0.25, -0.2) is 9.80 Å². The Hall–Kier alpha value is -4.14. The first-order chi connectivity index (χ1) is 15.9. The van der Waals surface area contributed by atoms with Crippen molar-refractivity contribution in [3.63, 3.8) is 0 Å². The van der Waals surface area contributed by atoms with Gasteiger partial charge in [0.1, 0.15) is 11.3 Å². The van der Waals surface area contributed by atoms with E-state index in [1.165, 1.54) is 11.9 Å². The highest BCUT2D eigenvalue weighted by Crippen LogP contribution is 2.37. The molecule has 33 heavy (non-hydrogen) atoms. The summed E-state index contributed by atoms with van der Waals surface area (Å²) in [5.41, 5.74) is 0.0976. The van der Waals surface area contributed by atoms with E-state index >= 15 is 0 Å². The molecule has 1 amide bonds. The molecule has 0 spiro atoms. The second kappa shape index (κ2) is 9.15. The number of hydrogen-bond donors (Lipinski definition) is 2. The third-order valence-corrected chi connectivity index (χ3v) is 5.45. The lowest BCUT2D eigenvalue weighted by atomic mass is 9.98. The van der Waals surface area contributed by atoms with Crippen LogP contribution in [0.5, 0.6) is 11.6 Å². The van der Waals surface area contributed by atoms with Gasteiger partial charge in [-0.2, -0.15) is 5.10 Å². The summed E-state index contributed by atoms with van der Waals surface area (Å²) in [4.78, 5) is 39.8. The van der Waals surface area contributed by atoms with E-state index in [1.807, 2.05) is 55.5 Å². The number of H-pyrrole nitrogens is 1. The number of aromatic amines is 1. The number of carbonyl (C=O) groups excluding carboxylic acids is 1. The molecule has 0 saturated carbocycles. The Morgan fingerprint density at radius 2 is 1.85 bits per heavy atom. The van der Waals surface area contributed by atoms with Crippen LogP contribution in [0.1, 0.15) is 43.0 Å². The fourth-order valence-electron chi connectivity index (χ4n) is 3.97. The summed E-state index contributed by atoms with van der Waals surface area (Å²) < 4.78 is 6.79. The number of hydrogen-bond acceptors (Lipinski definition) is 6. The molecule has 1 aromatic heterocycles. The highest BCUT2D eigenvalue weighted by molar-refractivity contribution is 6.04. The molecule has 0 aliphatic carbocycles. The standard InChI is InChI=1S/C24H24N4O5/c1-3-33-20-12-8-7-11-17(20)19-13-18(26-28(19)15(2)29)21-22(30)25-24(32)27(23(21)31)14-16-9-5-4-6-10-16/h4-12,19,31H,3,13-14H2,1-2H3,(H,25,30,32). The molecular weight excluding hydrogens is 424 g/mol. The second-order valence-corrected chi connectivity index (χ2v) is 7.63. The normalized spacial score (nSPS) is 15.4. The summed E-state index contributed by atoms with van der Waals surface area (Å²) in [5.74, 6) is -0.205. The summed E-state index contributed by atoms with van der Waals surface area (Å²) in [6, 6.07) is 15.9. The Morgan fingerprint density at radius 3 is 2.55 bits per heavy atom. The van der Waals surface area contributed by atoms with Gasteiger partial charge in [-0.1, -0.05) is 48.5 Å². The molecule has 1 aliphatic rings. The number of ether oxygens (including phenoxy) is 1. The van der Waals surface area contributed by atoms with Gasteiger partial charge < -0.3 is 9.84 Å². The molecule has 1 atom stereocenters. The molecule has 1 aliphatic heterocycles. The minimum absolute atomic E-state index is 0.0651. The lowest BCUT2D eigenvalue weighted by molar-refractivity contribution is -0.130. The number of aromatic hydroxyl groups is 1. The Kier molecular flexibility index (Phi) is 6.12. The predicted octanol–water partition coefficient (Wildman–Crippen LogP) is 2.39. The van der Waals surface area contributed by atoms with Crippen LogP contribution in [0.3, 0.4) is 0 Å². The van der Waals surface area contributed by atoms with Crippen molar-refractivity contribution in [2.45, 2.75) is 32.9 Å². The fraction of sp³-hybridized carbons (Fsp3) is 0.250. The molecule has 9 heteroatoms. The van der Waals surface area contributed by atoms with Gasteiger partial charge in [-0.3, -0.25) is 19.1 Å². The first-order valence-electron chi connectivity index (χ1n) is 10.6. The largest absolute Gasteiger partial charge is 0.494 e. The van der Waals surface area contributed by atoms with Crippen LogP contribution in [-0.2, 0) is 11.3 Å². The van der Waals surface area contributed by atoms with E-state index in [9.17, 15) is 19.5 Å². The topological polar surface area (TPSA) is 117 Å². The van der Waals surface area contributed by atoms with Crippen molar-refractivity contribution in [1.82, 2.24) is 14.6 Å². The van der Waals surface area contributed by atoms with Gasteiger partial charge in [0, 0.05) is 18.9 Å². The lowest BCUT2D eigenvalue weighted by Gasteiger charge is -2.22. The van der Waals surface area contributed by atoms with E-state index in [2.05, 4.69) is 10.1 Å². The summed E-state index contributed by atoms with van der Waals surface area (Å²) >= 11 is 0. The van der Waals surface area contributed by atoms with Crippen LogP contribution in [0.15, 0.2) is 69.3 Å². The van der Waals surface area contributed by atoms with Crippen LogP contribution >= 0.6 is 0 Å². The number of carbonyl (C=O) groups is 1. The monoisotopic (exact) mass is 448 g/mol. The van der Waals surface area contributed by atoms with Crippen LogP contribution in [0, 0.1) is 0 Å². The summed E-state index contributed by atoms with van der Waals surface area (Å²) in [5, 5.41) is 16.6. The minimum Gasteiger partial charge on any atom is -0.494 e. The zero-order valence-electron chi connectivity index (χ0n) is 18.3. The molecule has 0 saturated heterocycles. The summed E-state index contributed by atoms with van der Waals surface area (Å²) in [6.07, 6.45) is 0.170. The zero-order valence-corrected chi connectivity index (χ0v) is 18.3. The predicted molar refractivity (Wildman–Crippen MR) is 123 cm³/mol. The second-order valence-electron chi connectivity index (χ2n) is 7.63. The SMILES string of the molecule is CCOc1ccccc1C1CC(c2c(O)n(Cc3ccccc3)c(=O)[nH]c2=O)=NN1C(C)=O. The molecule has 2 heterocycles. The van der Waals surface area contributed by atoms with Crippen LogP contribution in [-0.4, -0.2) is 37.9 Å². The number of hydrazone groups is 1. The van der Waals surface area contributed by atoms with E-state index in [4.69, 9.17) is 4.74 Å². The first-order valence-corrected chi connectivity index (χ1v) is 10.6. The quantitative estimate of drug-likeness (QED) is 0.601. The molecule has 2 N–H and O–H groups in total. The molecule has 0 fully saturated rings. The molecule has 0 bridgehead atoms. The molecular formula is C24H24N4O5. The van der Waals surface area contributed by atoms with Gasteiger partial charge in [0.05, 0.1) is 24.9 Å². The highest BCUT2D eigenvalue weighted by Gasteiger charge is 2.35. The molecule has 0 radical (unpaired) electrons. The van der Waals surface area contributed by atoms with Gasteiger partial charge >= 0.3 is 5.69 Å². The highest BCUT2D eigenvalue weighted by atomic mass is 16.5. The van der Waals surface area contributed by atoms with Gasteiger partial charge in [-0.05, 0) is 18.6 Å². The van der Waals surface area contributed by atoms with Crippen molar-refractivity contribution in [1.29, 1.82) is 0 Å². The molecule has 3 aromatic rings. The maximum absolute atomic E-state index is 12.7. The summed E-state index contributed by atoms with van der Waals surface area (Å²) in [7, 11) is 0. The molecule has 2 aromatic carbocycles. The average molecular weight is 448 g/mol. The van der Waals surface area contributed by atoms with E-state index in [1.54, 1.807) is 6.07 Å². The van der Waals surface area contributed by atoms with Crippen LogP contribution in [0.4, 0.5) is 0 Å². The molecule has 9 nitrogen and oxygen atoms in total. The van der Waals surface area contributed by atoms with Crippen molar-refractivity contribution >= 4 is 11.6 Å². The molecule has 4 rings (SSSR count). The van der Waals surface area contributed by atoms with Crippen molar-refractivity contribution in [2.75, 3.05) is 6.61 Å². The number of nitrogens with one attached hydrogen (secondary N) is 1. The number of aromatic nitrogens is 2. The summed E-state index contributed by atoms with van der Waals surface area (Å²) in [6.45, 7) is 3.75. The van der Waals surface area contributed by atoms with Crippen LogP contribution in [0.25, 0.3) is 0 Å². The van der Waals surface area contributed by atoms with Crippen molar-refractivity contribution in [3.05, 3.63) is 92.1 Å². The van der Waals surface area contributed by atoms with Crippen LogP contribution < -0.4 is 16.0 Å². The van der Waals surface area contributed by atoms with Gasteiger partial charge in [0.25, 0.3) is 5.56 Å².